The van der Waals surface area contributed by atoms with Gasteiger partial charge in [0.25, 0.3) is 0 Å². The second kappa shape index (κ2) is 4.35. The first kappa shape index (κ1) is 10.0. The molecule has 0 aromatic carbocycles. The van der Waals surface area contributed by atoms with Crippen LogP contribution in [0.2, 0.25) is 0 Å². The molecule has 14 heavy (non-hydrogen) atoms. The largest absolute Gasteiger partial charge is 0.376 e. The van der Waals surface area contributed by atoms with Gasteiger partial charge in [0.2, 0.25) is 0 Å². The number of hydrogen-bond acceptors (Lipinski definition) is 2. The maximum absolute atomic E-state index is 6.19. The van der Waals surface area contributed by atoms with E-state index in [0.29, 0.717) is 6.04 Å². The van der Waals surface area contributed by atoms with Crippen LogP contribution in [0, 0.1) is 11.8 Å². The summed E-state index contributed by atoms with van der Waals surface area (Å²) in [5, 5.41) is 0. The molecule has 1 aliphatic heterocycles. The molecule has 1 saturated carbocycles. The Hall–Kier alpha value is -0.500. The number of hydrogen-bond donors (Lipinski definition) is 1. The molecule has 2 nitrogen and oxygen atoms in total. The van der Waals surface area contributed by atoms with Crippen molar-refractivity contribution in [1.82, 2.24) is 4.90 Å². The van der Waals surface area contributed by atoms with Crippen molar-refractivity contribution in [1.29, 1.82) is 0 Å². The molecule has 0 aromatic heterocycles. The van der Waals surface area contributed by atoms with Gasteiger partial charge in [-0.1, -0.05) is 38.7 Å². The molecule has 2 aliphatic rings. The van der Waals surface area contributed by atoms with E-state index < -0.39 is 0 Å². The fourth-order valence-electron chi connectivity index (χ4n) is 3.10. The molecule has 2 rings (SSSR count). The van der Waals surface area contributed by atoms with Crippen molar-refractivity contribution in [3.05, 3.63) is 12.8 Å². The van der Waals surface area contributed by atoms with Crippen molar-refractivity contribution in [3.8, 4) is 0 Å². The van der Waals surface area contributed by atoms with Gasteiger partial charge >= 0.3 is 0 Å². The van der Waals surface area contributed by atoms with Gasteiger partial charge in [-0.25, -0.2) is 0 Å². The third-order valence-electron chi connectivity index (χ3n) is 3.95. The van der Waals surface area contributed by atoms with Gasteiger partial charge in [0.05, 0.1) is 0 Å². The van der Waals surface area contributed by atoms with Crippen LogP contribution in [-0.4, -0.2) is 24.0 Å². The van der Waals surface area contributed by atoms with E-state index in [4.69, 9.17) is 5.73 Å². The molecule has 0 bridgehead atoms. The van der Waals surface area contributed by atoms with E-state index in [1.165, 1.54) is 32.1 Å². The Morgan fingerprint density at radius 2 is 1.86 bits per heavy atom. The lowest BCUT2D eigenvalue weighted by atomic mass is 9.78. The van der Waals surface area contributed by atoms with E-state index in [1.54, 1.807) is 0 Å². The smallest absolute Gasteiger partial charge is 0.0327 e. The molecule has 2 heteroatoms. The van der Waals surface area contributed by atoms with Crippen molar-refractivity contribution in [3.63, 3.8) is 0 Å². The fourth-order valence-corrected chi connectivity index (χ4v) is 3.10. The fraction of sp³-hybridized carbons (Fsp3) is 0.833. The third-order valence-corrected chi connectivity index (χ3v) is 3.95. The van der Waals surface area contributed by atoms with E-state index in [1.807, 2.05) is 6.20 Å². The predicted octanol–water partition coefficient (Wildman–Crippen LogP) is 1.97. The summed E-state index contributed by atoms with van der Waals surface area (Å²) >= 11 is 0. The van der Waals surface area contributed by atoms with E-state index >= 15 is 0 Å². The Morgan fingerprint density at radius 3 is 2.43 bits per heavy atom. The van der Waals surface area contributed by atoms with E-state index in [0.717, 1.165) is 24.9 Å². The molecular weight excluding hydrogens is 172 g/mol. The number of likely N-dealkylation sites (tertiary alicyclic amines) is 1. The van der Waals surface area contributed by atoms with Crippen LogP contribution in [0.1, 0.15) is 32.1 Å². The minimum Gasteiger partial charge on any atom is -0.376 e. The molecule has 0 spiro atoms. The molecule has 0 radical (unpaired) electrons. The predicted molar refractivity (Wildman–Crippen MR) is 59.8 cm³/mol. The summed E-state index contributed by atoms with van der Waals surface area (Å²) in [6, 6.07) is 0.385. The molecule has 0 amide bonds. The Bertz CT molecular complexity index is 196. The average Bonchev–Trinajstić information content (AvgIpc) is 2.61. The van der Waals surface area contributed by atoms with Gasteiger partial charge < -0.3 is 10.6 Å². The zero-order valence-corrected chi connectivity index (χ0v) is 8.99. The highest BCUT2D eigenvalue weighted by molar-refractivity contribution is 4.94. The standard InChI is InChI=1S/C12H22N2/c1-2-14-8-11(12(13)9-14)10-6-4-3-5-7-10/h2,10-12H,1,3-9,13H2. The SMILES string of the molecule is C=CN1CC(N)C(C2CCCCC2)C1. The van der Waals surface area contributed by atoms with Crippen LogP contribution in [0.4, 0.5) is 0 Å². The highest BCUT2D eigenvalue weighted by Crippen LogP contribution is 2.34. The van der Waals surface area contributed by atoms with Crippen molar-refractivity contribution in [2.45, 2.75) is 38.1 Å². The normalized spacial score (nSPS) is 34.8. The topological polar surface area (TPSA) is 29.3 Å². The molecule has 1 heterocycles. The number of nitrogens with zero attached hydrogens (tertiary/aromatic N) is 1. The first-order chi connectivity index (χ1) is 6.81. The Labute approximate surface area is 87.2 Å². The molecule has 2 atom stereocenters. The molecule has 0 aromatic rings. The van der Waals surface area contributed by atoms with Gasteiger partial charge in [-0.05, 0) is 18.0 Å². The van der Waals surface area contributed by atoms with Crippen LogP contribution in [0.15, 0.2) is 12.8 Å². The van der Waals surface area contributed by atoms with Crippen molar-refractivity contribution >= 4 is 0 Å². The lowest BCUT2D eigenvalue weighted by Gasteiger charge is -2.29. The summed E-state index contributed by atoms with van der Waals surface area (Å²) in [7, 11) is 0. The Balaban J connectivity index is 1.93. The summed E-state index contributed by atoms with van der Waals surface area (Å²) < 4.78 is 0. The average molecular weight is 194 g/mol. The maximum Gasteiger partial charge on any atom is 0.0327 e. The lowest BCUT2D eigenvalue weighted by Crippen LogP contribution is -2.34. The third kappa shape index (κ3) is 1.95. The minimum atomic E-state index is 0.385. The molecule has 80 valence electrons. The van der Waals surface area contributed by atoms with Crippen LogP contribution >= 0.6 is 0 Å². The molecule has 2 N–H and O–H groups in total. The van der Waals surface area contributed by atoms with Crippen molar-refractivity contribution in [2.75, 3.05) is 13.1 Å². The highest BCUT2D eigenvalue weighted by Gasteiger charge is 2.34. The van der Waals surface area contributed by atoms with E-state index in [2.05, 4.69) is 11.5 Å². The molecule has 1 aliphatic carbocycles. The molecule has 1 saturated heterocycles. The van der Waals surface area contributed by atoms with Crippen molar-refractivity contribution < 1.29 is 0 Å². The first-order valence-electron chi connectivity index (χ1n) is 5.93. The summed E-state index contributed by atoms with van der Waals surface area (Å²) in [6.07, 6.45) is 9.03. The van der Waals surface area contributed by atoms with Crippen LogP contribution in [0.5, 0.6) is 0 Å². The van der Waals surface area contributed by atoms with Crippen LogP contribution in [0.25, 0.3) is 0 Å². The summed E-state index contributed by atoms with van der Waals surface area (Å²) in [5.41, 5.74) is 6.19. The summed E-state index contributed by atoms with van der Waals surface area (Å²) in [5.74, 6) is 1.62. The summed E-state index contributed by atoms with van der Waals surface area (Å²) in [4.78, 5) is 2.28. The van der Waals surface area contributed by atoms with Crippen LogP contribution in [-0.2, 0) is 0 Å². The van der Waals surface area contributed by atoms with E-state index in [9.17, 15) is 0 Å². The summed E-state index contributed by atoms with van der Waals surface area (Å²) in [6.45, 7) is 5.99. The Kier molecular flexibility index (Phi) is 3.12. The van der Waals surface area contributed by atoms with Gasteiger partial charge in [-0.3, -0.25) is 0 Å². The Morgan fingerprint density at radius 1 is 1.14 bits per heavy atom. The molecular formula is C12H22N2. The zero-order valence-electron chi connectivity index (χ0n) is 8.99. The second-order valence-electron chi connectivity index (χ2n) is 4.86. The zero-order chi connectivity index (χ0) is 9.97. The van der Waals surface area contributed by atoms with Gasteiger partial charge in [0.15, 0.2) is 0 Å². The van der Waals surface area contributed by atoms with Gasteiger partial charge in [-0.2, -0.15) is 0 Å². The number of nitrogens with two attached hydrogens (primary N) is 1. The van der Waals surface area contributed by atoms with E-state index in [-0.39, 0.29) is 0 Å². The molecule has 2 fully saturated rings. The van der Waals surface area contributed by atoms with Crippen molar-refractivity contribution in [2.24, 2.45) is 17.6 Å². The lowest BCUT2D eigenvalue weighted by molar-refractivity contribution is 0.239. The minimum absolute atomic E-state index is 0.385. The van der Waals surface area contributed by atoms with Gasteiger partial charge in [0, 0.05) is 19.1 Å². The maximum atomic E-state index is 6.19. The first-order valence-corrected chi connectivity index (χ1v) is 5.93. The molecule has 2 unspecified atom stereocenters. The number of rotatable bonds is 2. The second-order valence-corrected chi connectivity index (χ2v) is 4.86. The quantitative estimate of drug-likeness (QED) is 0.728. The highest BCUT2D eigenvalue weighted by atomic mass is 15.2. The van der Waals surface area contributed by atoms with Gasteiger partial charge in [-0.15, -0.1) is 0 Å². The van der Waals surface area contributed by atoms with Crippen LogP contribution < -0.4 is 5.73 Å². The monoisotopic (exact) mass is 194 g/mol. The van der Waals surface area contributed by atoms with Gasteiger partial charge in [0.1, 0.15) is 0 Å². The van der Waals surface area contributed by atoms with Crippen LogP contribution in [0.3, 0.4) is 0 Å².